The van der Waals surface area contributed by atoms with Gasteiger partial charge in [0.25, 0.3) is 0 Å². The van der Waals surface area contributed by atoms with Gasteiger partial charge in [-0.1, -0.05) is 30.3 Å². The quantitative estimate of drug-likeness (QED) is 0.669. The highest BCUT2D eigenvalue weighted by Crippen LogP contribution is 2.44. The molecule has 2 aromatic heterocycles. The number of imidazole rings is 1. The molecule has 3 aromatic rings. The van der Waals surface area contributed by atoms with Crippen molar-refractivity contribution in [1.29, 1.82) is 0 Å². The number of fused-ring (bicyclic) bond motifs is 3. The maximum atomic E-state index is 10.6. The van der Waals surface area contributed by atoms with Crippen LogP contribution in [0.25, 0.3) is 5.65 Å². The summed E-state index contributed by atoms with van der Waals surface area (Å²) in [5, 5.41) is 14.2. The van der Waals surface area contributed by atoms with E-state index in [2.05, 4.69) is 17.4 Å². The van der Waals surface area contributed by atoms with Crippen LogP contribution in [0.3, 0.4) is 0 Å². The molecule has 0 bridgehead atoms. The van der Waals surface area contributed by atoms with Crippen LogP contribution in [0.15, 0.2) is 36.4 Å². The largest absolute Gasteiger partial charge is 0.494 e. The van der Waals surface area contributed by atoms with Gasteiger partial charge in [-0.05, 0) is 19.4 Å². The Morgan fingerprint density at radius 2 is 2.00 bits per heavy atom. The maximum absolute atomic E-state index is 10.6. The van der Waals surface area contributed by atoms with Crippen LogP contribution in [0, 0.1) is 13.8 Å². The molecule has 0 unspecified atom stereocenters. The van der Waals surface area contributed by atoms with Gasteiger partial charge in [0.2, 0.25) is 0 Å². The lowest BCUT2D eigenvalue weighted by Crippen LogP contribution is -2.25. The Morgan fingerprint density at radius 1 is 1.22 bits per heavy atom. The van der Waals surface area contributed by atoms with E-state index in [9.17, 15) is 5.11 Å². The van der Waals surface area contributed by atoms with Gasteiger partial charge in [-0.3, -0.25) is 4.40 Å². The van der Waals surface area contributed by atoms with E-state index in [4.69, 9.17) is 14.5 Å². The van der Waals surface area contributed by atoms with Crippen LogP contribution >= 0.6 is 0 Å². The summed E-state index contributed by atoms with van der Waals surface area (Å²) in [6, 6.07) is 12.2. The number of aromatic nitrogens is 2. The van der Waals surface area contributed by atoms with Gasteiger partial charge in [0.1, 0.15) is 0 Å². The summed E-state index contributed by atoms with van der Waals surface area (Å²) in [4.78, 5) is 4.71. The number of aryl methyl sites for hydroxylation is 2. The fourth-order valence-corrected chi connectivity index (χ4v) is 3.78. The number of nitrogens with one attached hydrogen (secondary N) is 1. The Labute approximate surface area is 158 Å². The smallest absolute Gasteiger partial charge is 0.197 e. The molecule has 27 heavy (non-hydrogen) atoms. The van der Waals surface area contributed by atoms with Crippen molar-refractivity contribution in [3.63, 3.8) is 0 Å². The van der Waals surface area contributed by atoms with E-state index in [1.807, 2.05) is 32.0 Å². The minimum atomic E-state index is -0.144. The van der Waals surface area contributed by atoms with Gasteiger partial charge in [-0.15, -0.1) is 0 Å². The number of nitrogens with zero attached hydrogens (tertiary/aromatic N) is 2. The van der Waals surface area contributed by atoms with Gasteiger partial charge in [0, 0.05) is 30.9 Å². The third-order valence-corrected chi connectivity index (χ3v) is 5.29. The second-order valence-electron chi connectivity index (χ2n) is 6.97. The van der Waals surface area contributed by atoms with E-state index in [-0.39, 0.29) is 18.0 Å². The molecule has 0 aliphatic carbocycles. The molecule has 0 amide bonds. The summed E-state index contributed by atoms with van der Waals surface area (Å²) >= 11 is 0. The zero-order chi connectivity index (χ0) is 19.0. The molecule has 2 atom stereocenters. The number of benzene rings is 1. The van der Waals surface area contributed by atoms with Crippen LogP contribution < -0.4 is 5.32 Å². The minimum Gasteiger partial charge on any atom is -0.494 e. The minimum absolute atomic E-state index is 0.108. The first-order valence-electron chi connectivity index (χ1n) is 9.23. The number of hydrogen-bond acceptors (Lipinski definition) is 5. The summed E-state index contributed by atoms with van der Waals surface area (Å²) in [5.41, 5.74) is 5.64. The number of pyridine rings is 1. The number of anilines is 1. The molecule has 0 fully saturated rings. The highest BCUT2D eigenvalue weighted by Gasteiger charge is 2.31. The molecule has 2 N–H and O–H groups in total. The molecule has 1 aliphatic rings. The normalized spacial score (nSPS) is 19.1. The topological polar surface area (TPSA) is 68.0 Å². The molecular weight excluding hydrogens is 342 g/mol. The predicted molar refractivity (Wildman–Crippen MR) is 104 cm³/mol. The zero-order valence-corrected chi connectivity index (χ0v) is 15.9. The molecule has 3 heterocycles. The van der Waals surface area contributed by atoms with Gasteiger partial charge in [0.05, 0.1) is 36.7 Å². The van der Waals surface area contributed by atoms with E-state index in [1.165, 1.54) is 5.56 Å². The van der Waals surface area contributed by atoms with Gasteiger partial charge < -0.3 is 19.9 Å². The van der Waals surface area contributed by atoms with E-state index in [0.29, 0.717) is 13.2 Å². The Kier molecular flexibility index (Phi) is 4.76. The Balaban J connectivity index is 1.82. The second kappa shape index (κ2) is 7.21. The van der Waals surface area contributed by atoms with Crippen molar-refractivity contribution in [2.45, 2.75) is 32.4 Å². The number of ether oxygens (including phenoxy) is 2. The monoisotopic (exact) mass is 367 g/mol. The highest BCUT2D eigenvalue weighted by atomic mass is 16.5. The van der Waals surface area contributed by atoms with Gasteiger partial charge in [0.15, 0.2) is 11.5 Å². The SMILES string of the molecule is COCCO[C@@H]1C[C@H](c2ccccc2)Nc2c1cc(O)n1c(C)c(C)nc21. The average Bonchev–Trinajstić information content (AvgIpc) is 2.99. The van der Waals surface area contributed by atoms with Crippen molar-refractivity contribution in [3.8, 4) is 5.88 Å². The van der Waals surface area contributed by atoms with Crippen molar-refractivity contribution in [2.24, 2.45) is 0 Å². The first-order valence-corrected chi connectivity index (χ1v) is 9.23. The average molecular weight is 367 g/mol. The summed E-state index contributed by atoms with van der Waals surface area (Å²) in [5.74, 6) is 0.183. The van der Waals surface area contributed by atoms with Crippen LogP contribution in [0.5, 0.6) is 5.88 Å². The van der Waals surface area contributed by atoms with Crippen LogP contribution in [0.1, 0.15) is 41.1 Å². The summed E-state index contributed by atoms with van der Waals surface area (Å²) in [7, 11) is 1.66. The van der Waals surface area contributed by atoms with E-state index >= 15 is 0 Å². The predicted octanol–water partition coefficient (Wildman–Crippen LogP) is 3.92. The molecule has 142 valence electrons. The maximum Gasteiger partial charge on any atom is 0.197 e. The van der Waals surface area contributed by atoms with Crippen LogP contribution in [0.4, 0.5) is 5.69 Å². The zero-order valence-electron chi connectivity index (χ0n) is 15.9. The van der Waals surface area contributed by atoms with E-state index < -0.39 is 0 Å². The van der Waals surface area contributed by atoms with Crippen molar-refractivity contribution < 1.29 is 14.6 Å². The fourth-order valence-electron chi connectivity index (χ4n) is 3.78. The molecule has 0 saturated carbocycles. The van der Waals surface area contributed by atoms with Crippen molar-refractivity contribution in [3.05, 3.63) is 58.9 Å². The second-order valence-corrected chi connectivity index (χ2v) is 6.97. The van der Waals surface area contributed by atoms with Crippen LogP contribution in [-0.4, -0.2) is 34.8 Å². The lowest BCUT2D eigenvalue weighted by molar-refractivity contribution is 0.00785. The molecule has 4 rings (SSSR count). The summed E-state index contributed by atoms with van der Waals surface area (Å²) in [6.07, 6.45) is 0.629. The lowest BCUT2D eigenvalue weighted by atomic mass is 9.91. The standard InChI is InChI=1S/C21H25N3O3/c1-13-14(2)24-19(25)11-16-18(27-10-9-26-3)12-17(15-7-5-4-6-8-15)23-20(16)21(24)22-13/h4-8,11,17-18,23,25H,9-10,12H2,1-3H3/t17-,18-/m1/s1. The van der Waals surface area contributed by atoms with E-state index in [0.717, 1.165) is 34.7 Å². The molecule has 0 spiro atoms. The molecule has 6 nitrogen and oxygen atoms in total. The Hall–Kier alpha value is -2.57. The Morgan fingerprint density at radius 3 is 2.74 bits per heavy atom. The highest BCUT2D eigenvalue weighted by molar-refractivity contribution is 5.76. The molecule has 6 heteroatoms. The van der Waals surface area contributed by atoms with Crippen molar-refractivity contribution in [2.75, 3.05) is 25.6 Å². The van der Waals surface area contributed by atoms with Gasteiger partial charge in [-0.2, -0.15) is 0 Å². The molecular formula is C21H25N3O3. The number of methoxy groups -OCH3 is 1. The van der Waals surface area contributed by atoms with Crippen molar-refractivity contribution in [1.82, 2.24) is 9.38 Å². The first-order chi connectivity index (χ1) is 13.1. The van der Waals surface area contributed by atoms with Gasteiger partial charge in [-0.25, -0.2) is 4.98 Å². The van der Waals surface area contributed by atoms with Crippen molar-refractivity contribution >= 4 is 11.3 Å². The number of hydrogen-bond donors (Lipinski definition) is 2. The molecule has 0 saturated heterocycles. The summed E-state index contributed by atoms with van der Waals surface area (Å²) in [6.45, 7) is 4.95. The number of aromatic hydroxyl groups is 1. The van der Waals surface area contributed by atoms with Crippen LogP contribution in [-0.2, 0) is 9.47 Å². The van der Waals surface area contributed by atoms with Gasteiger partial charge >= 0.3 is 0 Å². The third-order valence-electron chi connectivity index (χ3n) is 5.29. The fraction of sp³-hybridized carbons (Fsp3) is 0.381. The van der Waals surface area contributed by atoms with E-state index in [1.54, 1.807) is 17.6 Å². The third kappa shape index (κ3) is 3.15. The van der Waals surface area contributed by atoms with Crippen LogP contribution in [0.2, 0.25) is 0 Å². The number of rotatable bonds is 5. The summed E-state index contributed by atoms with van der Waals surface area (Å²) < 4.78 is 13.1. The molecule has 0 radical (unpaired) electrons. The lowest BCUT2D eigenvalue weighted by Gasteiger charge is -2.34. The molecule has 1 aliphatic heterocycles. The molecule has 1 aromatic carbocycles. The first kappa shape index (κ1) is 17.8. The Bertz CT molecular complexity index is 952.